The molecule has 0 atom stereocenters. The van der Waals surface area contributed by atoms with E-state index in [1.54, 1.807) is 42.7 Å². The van der Waals surface area contributed by atoms with Crippen LogP contribution in [-0.4, -0.2) is 23.7 Å². The van der Waals surface area contributed by atoms with E-state index in [0.29, 0.717) is 11.2 Å². The zero-order chi connectivity index (χ0) is 15.9. The molecule has 0 radical (unpaired) electrons. The minimum Gasteiger partial charge on any atom is -0.279 e. The van der Waals surface area contributed by atoms with Crippen LogP contribution in [0.3, 0.4) is 0 Å². The van der Waals surface area contributed by atoms with Crippen LogP contribution in [0.5, 0.6) is 0 Å². The number of pyridine rings is 1. The summed E-state index contributed by atoms with van der Waals surface area (Å²) in [5, 5.41) is 8.94. The molecule has 7 nitrogen and oxygen atoms in total. The fourth-order valence-corrected chi connectivity index (χ4v) is 3.64. The third-order valence-corrected chi connectivity index (χ3v) is 4.86. The fourth-order valence-electron chi connectivity index (χ4n) is 2.41. The van der Waals surface area contributed by atoms with Crippen LogP contribution in [0.25, 0.3) is 21.8 Å². The third kappa shape index (κ3) is 2.29. The molecule has 0 fully saturated rings. The van der Waals surface area contributed by atoms with Gasteiger partial charge in [0, 0.05) is 23.2 Å². The minimum absolute atomic E-state index is 0.0160. The van der Waals surface area contributed by atoms with Crippen LogP contribution in [0.4, 0.5) is 5.69 Å². The van der Waals surface area contributed by atoms with E-state index in [0.717, 1.165) is 10.8 Å². The van der Waals surface area contributed by atoms with E-state index in [-0.39, 0.29) is 10.4 Å². The van der Waals surface area contributed by atoms with Gasteiger partial charge in [0.15, 0.2) is 5.52 Å². The smallest absolute Gasteiger partial charge is 0.264 e. The quantitative estimate of drug-likeness (QED) is 0.621. The highest BCUT2D eigenvalue weighted by Crippen LogP contribution is 2.27. The summed E-state index contributed by atoms with van der Waals surface area (Å²) < 4.78 is 32.7. The van der Waals surface area contributed by atoms with Gasteiger partial charge in [-0.1, -0.05) is 18.2 Å². The van der Waals surface area contributed by atoms with E-state index in [2.05, 4.69) is 24.6 Å². The normalized spacial score (nSPS) is 11.8. The van der Waals surface area contributed by atoms with Crippen molar-refractivity contribution in [2.24, 2.45) is 0 Å². The van der Waals surface area contributed by atoms with Gasteiger partial charge in [-0.2, -0.15) is 0 Å². The molecule has 0 spiro atoms. The maximum absolute atomic E-state index is 12.7. The van der Waals surface area contributed by atoms with Gasteiger partial charge in [0.25, 0.3) is 10.0 Å². The summed E-state index contributed by atoms with van der Waals surface area (Å²) in [6, 6.07) is 11.8. The number of hydrogen-bond donors (Lipinski definition) is 1. The van der Waals surface area contributed by atoms with Gasteiger partial charge >= 0.3 is 0 Å². The van der Waals surface area contributed by atoms with Crippen LogP contribution >= 0.6 is 0 Å². The van der Waals surface area contributed by atoms with Gasteiger partial charge in [-0.25, -0.2) is 13.0 Å². The lowest BCUT2D eigenvalue weighted by Gasteiger charge is -2.10. The van der Waals surface area contributed by atoms with Crippen molar-refractivity contribution in [3.8, 4) is 0 Å². The van der Waals surface area contributed by atoms with Crippen molar-refractivity contribution < 1.29 is 13.0 Å². The van der Waals surface area contributed by atoms with Gasteiger partial charge in [0.2, 0.25) is 0 Å². The van der Waals surface area contributed by atoms with E-state index >= 15 is 0 Å². The van der Waals surface area contributed by atoms with E-state index < -0.39 is 10.0 Å². The molecule has 0 saturated carbocycles. The number of aromatic nitrogens is 3. The van der Waals surface area contributed by atoms with Crippen molar-refractivity contribution in [2.45, 2.75) is 4.90 Å². The van der Waals surface area contributed by atoms with E-state index in [1.807, 2.05) is 6.07 Å². The van der Waals surface area contributed by atoms with Gasteiger partial charge in [0.1, 0.15) is 10.4 Å². The van der Waals surface area contributed by atoms with Crippen LogP contribution in [0.15, 0.2) is 64.4 Å². The second-order valence-electron chi connectivity index (χ2n) is 4.90. The molecular formula is C15H10N4O3S. The molecule has 1 N–H and O–H groups in total. The Labute approximate surface area is 131 Å². The maximum atomic E-state index is 12.7. The van der Waals surface area contributed by atoms with Crippen LogP contribution in [0.2, 0.25) is 0 Å². The number of rotatable bonds is 3. The molecule has 23 heavy (non-hydrogen) atoms. The predicted octanol–water partition coefficient (Wildman–Crippen LogP) is 2.57. The standard InChI is InChI=1S/C15H10N4O3S/c20-23(21,14-6-2-5-13-15(14)18-22-17-13)19-12-4-1-3-10-9-16-8-7-11(10)12/h1-9,19H. The first-order valence-electron chi connectivity index (χ1n) is 6.72. The first-order valence-corrected chi connectivity index (χ1v) is 8.20. The zero-order valence-corrected chi connectivity index (χ0v) is 12.5. The summed E-state index contributed by atoms with van der Waals surface area (Å²) in [5.41, 5.74) is 1.05. The van der Waals surface area contributed by atoms with Crippen molar-refractivity contribution in [1.82, 2.24) is 15.3 Å². The molecule has 2 aromatic heterocycles. The largest absolute Gasteiger partial charge is 0.279 e. The van der Waals surface area contributed by atoms with Crippen molar-refractivity contribution >= 4 is 37.5 Å². The molecule has 114 valence electrons. The molecule has 0 aliphatic carbocycles. The molecule has 4 aromatic rings. The Morgan fingerprint density at radius 1 is 1.00 bits per heavy atom. The number of nitrogens with zero attached hydrogens (tertiary/aromatic N) is 3. The first-order chi connectivity index (χ1) is 11.1. The van der Waals surface area contributed by atoms with Gasteiger partial charge in [0.05, 0.1) is 5.69 Å². The molecule has 0 aliphatic rings. The Balaban J connectivity index is 1.85. The third-order valence-electron chi connectivity index (χ3n) is 3.46. The predicted molar refractivity (Wildman–Crippen MR) is 84.4 cm³/mol. The van der Waals surface area contributed by atoms with Crippen LogP contribution in [-0.2, 0) is 10.0 Å². The molecule has 0 amide bonds. The number of benzene rings is 2. The van der Waals surface area contributed by atoms with E-state index in [1.165, 1.54) is 6.07 Å². The molecule has 0 aliphatic heterocycles. The number of hydrogen-bond acceptors (Lipinski definition) is 6. The van der Waals surface area contributed by atoms with Crippen molar-refractivity contribution in [3.63, 3.8) is 0 Å². The molecule has 8 heteroatoms. The summed E-state index contributed by atoms with van der Waals surface area (Å²) >= 11 is 0. The summed E-state index contributed by atoms with van der Waals surface area (Å²) in [4.78, 5) is 4.05. The average molecular weight is 326 g/mol. The first kappa shape index (κ1) is 13.6. The molecule has 0 saturated heterocycles. The highest BCUT2D eigenvalue weighted by molar-refractivity contribution is 7.93. The number of nitrogens with one attached hydrogen (secondary N) is 1. The zero-order valence-electron chi connectivity index (χ0n) is 11.7. The summed E-state index contributed by atoms with van der Waals surface area (Å²) in [6.45, 7) is 0. The Hall–Kier alpha value is -3.00. The lowest BCUT2D eigenvalue weighted by atomic mass is 10.1. The van der Waals surface area contributed by atoms with Crippen LogP contribution in [0, 0.1) is 0 Å². The Kier molecular flexibility index (Phi) is 2.98. The van der Waals surface area contributed by atoms with E-state index in [9.17, 15) is 8.42 Å². The topological polar surface area (TPSA) is 98.0 Å². The fraction of sp³-hybridized carbons (Fsp3) is 0. The van der Waals surface area contributed by atoms with Gasteiger partial charge in [-0.05, 0) is 34.6 Å². The number of anilines is 1. The average Bonchev–Trinajstić information content (AvgIpc) is 3.03. The monoisotopic (exact) mass is 326 g/mol. The second kappa shape index (κ2) is 5.03. The molecule has 2 aromatic carbocycles. The summed E-state index contributed by atoms with van der Waals surface area (Å²) in [7, 11) is -3.83. The van der Waals surface area contributed by atoms with Gasteiger partial charge in [-0.15, -0.1) is 0 Å². The van der Waals surface area contributed by atoms with Gasteiger partial charge < -0.3 is 0 Å². The number of sulfonamides is 1. The lowest BCUT2D eigenvalue weighted by Crippen LogP contribution is -2.13. The summed E-state index contributed by atoms with van der Waals surface area (Å²) in [5.74, 6) is 0. The molecule has 4 rings (SSSR count). The van der Waals surface area contributed by atoms with Crippen LogP contribution < -0.4 is 4.72 Å². The SMILES string of the molecule is O=S(=O)(Nc1cccc2cnccc12)c1cccc2nonc12. The highest BCUT2D eigenvalue weighted by Gasteiger charge is 2.21. The van der Waals surface area contributed by atoms with Crippen molar-refractivity contribution in [3.05, 3.63) is 54.9 Å². The van der Waals surface area contributed by atoms with Crippen LogP contribution in [0.1, 0.15) is 0 Å². The lowest BCUT2D eigenvalue weighted by molar-refractivity contribution is 0.315. The van der Waals surface area contributed by atoms with Crippen molar-refractivity contribution in [2.75, 3.05) is 4.72 Å². The summed E-state index contributed by atoms with van der Waals surface area (Å²) in [6.07, 6.45) is 3.29. The Morgan fingerprint density at radius 2 is 1.87 bits per heavy atom. The van der Waals surface area contributed by atoms with Crippen molar-refractivity contribution in [1.29, 1.82) is 0 Å². The molecule has 2 heterocycles. The molecular weight excluding hydrogens is 316 g/mol. The molecule has 0 unspecified atom stereocenters. The maximum Gasteiger partial charge on any atom is 0.264 e. The Morgan fingerprint density at radius 3 is 2.78 bits per heavy atom. The highest BCUT2D eigenvalue weighted by atomic mass is 32.2. The second-order valence-corrected chi connectivity index (χ2v) is 6.55. The molecule has 0 bridgehead atoms. The number of fused-ring (bicyclic) bond motifs is 2. The van der Waals surface area contributed by atoms with Gasteiger partial charge in [-0.3, -0.25) is 9.71 Å². The Bertz CT molecular complexity index is 1120. The van der Waals surface area contributed by atoms with E-state index in [4.69, 9.17) is 0 Å². The minimum atomic E-state index is -3.83.